The number of benzene rings is 1. The fourth-order valence-corrected chi connectivity index (χ4v) is 1.37. The van der Waals surface area contributed by atoms with Crippen molar-refractivity contribution in [1.29, 1.82) is 0 Å². The van der Waals surface area contributed by atoms with Gasteiger partial charge in [0.25, 0.3) is 0 Å². The van der Waals surface area contributed by atoms with E-state index >= 15 is 0 Å². The SMILES string of the molecule is O=S([O-])c1ccc(OP(O)O)cc1. The fraction of sp³-hybridized carbons (Fsp3) is 0. The molecule has 0 saturated carbocycles. The maximum absolute atomic E-state index is 10.4. The van der Waals surface area contributed by atoms with E-state index in [1.807, 2.05) is 0 Å². The molecule has 0 spiro atoms. The van der Waals surface area contributed by atoms with Crippen molar-refractivity contribution >= 4 is 19.7 Å². The summed E-state index contributed by atoms with van der Waals surface area (Å²) in [4.78, 5) is 17.0. The second kappa shape index (κ2) is 4.64. The van der Waals surface area contributed by atoms with E-state index < -0.39 is 19.7 Å². The molecular formula is C6H6O5PS-. The molecule has 2 N–H and O–H groups in total. The third-order valence-corrected chi connectivity index (χ3v) is 2.23. The maximum atomic E-state index is 10.4. The summed E-state index contributed by atoms with van der Waals surface area (Å²) in [5, 5.41) is 0. The average molecular weight is 221 g/mol. The van der Waals surface area contributed by atoms with Gasteiger partial charge in [-0.1, -0.05) is 0 Å². The smallest absolute Gasteiger partial charge is 0.391 e. The van der Waals surface area contributed by atoms with Crippen LogP contribution < -0.4 is 4.52 Å². The molecule has 1 aromatic rings. The first-order chi connectivity index (χ1) is 6.09. The summed E-state index contributed by atoms with van der Waals surface area (Å²) < 4.78 is 25.3. The van der Waals surface area contributed by atoms with Gasteiger partial charge in [-0.3, -0.25) is 4.21 Å². The van der Waals surface area contributed by atoms with Crippen molar-refractivity contribution in [2.24, 2.45) is 0 Å². The Kier molecular flexibility index (Phi) is 3.77. The van der Waals surface area contributed by atoms with E-state index in [9.17, 15) is 8.76 Å². The van der Waals surface area contributed by atoms with E-state index in [4.69, 9.17) is 9.79 Å². The molecular weight excluding hydrogens is 215 g/mol. The standard InChI is InChI=1S/C6H7O5PS/c7-12(8)11-5-1-3-6(4-2-5)13(9)10/h1-4,7-8H,(H,9,10)/p-1. The highest BCUT2D eigenvalue weighted by molar-refractivity contribution is 7.79. The molecule has 0 aliphatic rings. The van der Waals surface area contributed by atoms with Crippen molar-refractivity contribution in [3.63, 3.8) is 0 Å². The van der Waals surface area contributed by atoms with Gasteiger partial charge in [-0.25, -0.2) is 0 Å². The lowest BCUT2D eigenvalue weighted by Gasteiger charge is -2.07. The molecule has 0 radical (unpaired) electrons. The number of rotatable bonds is 3. The maximum Gasteiger partial charge on any atom is 0.391 e. The fourth-order valence-electron chi connectivity index (χ4n) is 0.706. The highest BCUT2D eigenvalue weighted by Gasteiger charge is 2.01. The zero-order valence-corrected chi connectivity index (χ0v) is 7.99. The topological polar surface area (TPSA) is 89.8 Å². The molecule has 1 rings (SSSR count). The second-order valence-electron chi connectivity index (χ2n) is 2.05. The summed E-state index contributed by atoms with van der Waals surface area (Å²) >= 11 is -2.28. The van der Waals surface area contributed by atoms with Crippen LogP contribution in [0.1, 0.15) is 0 Å². The molecule has 0 saturated heterocycles. The van der Waals surface area contributed by atoms with Gasteiger partial charge in [0, 0.05) is 4.90 Å². The quantitative estimate of drug-likeness (QED) is 0.573. The van der Waals surface area contributed by atoms with Crippen LogP contribution in [0.15, 0.2) is 29.2 Å². The van der Waals surface area contributed by atoms with E-state index in [2.05, 4.69) is 4.52 Å². The van der Waals surface area contributed by atoms with Gasteiger partial charge in [0.15, 0.2) is 0 Å². The molecule has 1 unspecified atom stereocenters. The zero-order chi connectivity index (χ0) is 9.84. The second-order valence-corrected chi connectivity index (χ2v) is 3.68. The van der Waals surface area contributed by atoms with E-state index in [-0.39, 0.29) is 10.6 Å². The molecule has 5 nitrogen and oxygen atoms in total. The first kappa shape index (κ1) is 10.6. The van der Waals surface area contributed by atoms with Gasteiger partial charge in [0.1, 0.15) is 5.75 Å². The van der Waals surface area contributed by atoms with Crippen molar-refractivity contribution in [3.05, 3.63) is 24.3 Å². The molecule has 1 atom stereocenters. The predicted octanol–water partition coefficient (Wildman–Crippen LogP) is 0.515. The first-order valence-electron chi connectivity index (χ1n) is 3.15. The van der Waals surface area contributed by atoms with Crippen LogP contribution in [0, 0.1) is 0 Å². The molecule has 72 valence electrons. The summed E-state index contributed by atoms with van der Waals surface area (Å²) in [6, 6.07) is 5.29. The van der Waals surface area contributed by atoms with Gasteiger partial charge in [0.05, 0.1) is 0 Å². The Morgan fingerprint density at radius 3 is 2.23 bits per heavy atom. The molecule has 0 aromatic heterocycles. The minimum atomic E-state index is -2.46. The van der Waals surface area contributed by atoms with Crippen molar-refractivity contribution < 1.29 is 23.1 Å². The van der Waals surface area contributed by atoms with Crippen molar-refractivity contribution in [3.8, 4) is 5.75 Å². The van der Waals surface area contributed by atoms with Crippen LogP contribution in [0.3, 0.4) is 0 Å². The summed E-state index contributed by atoms with van der Waals surface area (Å²) in [6.07, 6.45) is 0. The zero-order valence-electron chi connectivity index (χ0n) is 6.28. The number of hydrogen-bond acceptors (Lipinski definition) is 5. The van der Waals surface area contributed by atoms with Gasteiger partial charge in [-0.2, -0.15) is 0 Å². The molecule has 0 fully saturated rings. The molecule has 0 aliphatic heterocycles. The Morgan fingerprint density at radius 2 is 1.85 bits per heavy atom. The normalized spacial score (nSPS) is 12.9. The van der Waals surface area contributed by atoms with E-state index in [0.29, 0.717) is 0 Å². The third kappa shape index (κ3) is 3.38. The van der Waals surface area contributed by atoms with Crippen molar-refractivity contribution in [1.82, 2.24) is 0 Å². The molecule has 0 aliphatic carbocycles. The van der Waals surface area contributed by atoms with Crippen LogP contribution in [0.2, 0.25) is 0 Å². The highest BCUT2D eigenvalue weighted by atomic mass is 32.2. The summed E-state index contributed by atoms with van der Waals surface area (Å²) in [5.74, 6) is 0.213. The Labute approximate surface area is 78.3 Å². The predicted molar refractivity (Wildman–Crippen MR) is 45.6 cm³/mol. The van der Waals surface area contributed by atoms with Gasteiger partial charge in [-0.15, -0.1) is 0 Å². The van der Waals surface area contributed by atoms with E-state index in [1.165, 1.54) is 24.3 Å². The van der Waals surface area contributed by atoms with Crippen LogP contribution in [0.5, 0.6) is 5.75 Å². The Hall–Kier alpha value is -0.520. The number of hydrogen-bond donors (Lipinski definition) is 2. The summed E-state index contributed by atoms with van der Waals surface area (Å²) in [5.41, 5.74) is 0. The Balaban J connectivity index is 2.75. The van der Waals surface area contributed by atoms with Gasteiger partial charge < -0.3 is 18.9 Å². The monoisotopic (exact) mass is 221 g/mol. The van der Waals surface area contributed by atoms with Gasteiger partial charge in [0.2, 0.25) is 0 Å². The minimum absolute atomic E-state index is 0.118. The third-order valence-electron chi connectivity index (χ3n) is 1.20. The van der Waals surface area contributed by atoms with Crippen LogP contribution in [0.25, 0.3) is 0 Å². The van der Waals surface area contributed by atoms with Gasteiger partial charge in [-0.05, 0) is 35.3 Å². The molecule has 1 aromatic carbocycles. The van der Waals surface area contributed by atoms with Crippen LogP contribution in [-0.4, -0.2) is 18.5 Å². The summed E-state index contributed by atoms with van der Waals surface area (Å²) in [6.45, 7) is 0. The minimum Gasteiger partial charge on any atom is -0.768 e. The molecule has 13 heavy (non-hydrogen) atoms. The molecule has 0 heterocycles. The van der Waals surface area contributed by atoms with Crippen molar-refractivity contribution in [2.75, 3.05) is 0 Å². The molecule has 7 heteroatoms. The average Bonchev–Trinajstić information content (AvgIpc) is 2.04. The van der Waals surface area contributed by atoms with Crippen LogP contribution in [-0.2, 0) is 11.1 Å². The van der Waals surface area contributed by atoms with Crippen LogP contribution in [0.4, 0.5) is 0 Å². The first-order valence-corrected chi connectivity index (χ1v) is 5.39. The summed E-state index contributed by atoms with van der Waals surface area (Å²) in [7, 11) is -2.46. The lowest BCUT2D eigenvalue weighted by Crippen LogP contribution is -1.89. The van der Waals surface area contributed by atoms with Crippen molar-refractivity contribution in [2.45, 2.75) is 4.90 Å². The van der Waals surface area contributed by atoms with E-state index in [0.717, 1.165) is 0 Å². The van der Waals surface area contributed by atoms with E-state index in [1.54, 1.807) is 0 Å². The molecule has 0 bridgehead atoms. The van der Waals surface area contributed by atoms with Gasteiger partial charge >= 0.3 is 8.60 Å². The highest BCUT2D eigenvalue weighted by Crippen LogP contribution is 2.28. The molecule has 0 amide bonds. The largest absolute Gasteiger partial charge is 0.768 e. The van der Waals surface area contributed by atoms with Crippen LogP contribution >= 0.6 is 8.60 Å². The lowest BCUT2D eigenvalue weighted by atomic mass is 10.3. The Morgan fingerprint density at radius 1 is 1.31 bits per heavy atom. The lowest BCUT2D eigenvalue weighted by molar-refractivity contribution is 0.375. The Bertz CT molecular complexity index is 298.